The number of piperidine rings is 1. The SMILES string of the molecule is CC(=O)N(C)C1(C(=O)N2CCC3(CC2)C[C@H](CCN2CCN(c4ccc(F)cc4)CC2)OC3=O)CCCCC1. The van der Waals surface area contributed by atoms with Crippen molar-refractivity contribution in [3.8, 4) is 0 Å². The van der Waals surface area contributed by atoms with Crippen molar-refractivity contribution in [3.05, 3.63) is 30.1 Å². The minimum Gasteiger partial charge on any atom is -0.462 e. The van der Waals surface area contributed by atoms with E-state index in [-0.39, 0.29) is 29.7 Å². The average molecular weight is 543 g/mol. The van der Waals surface area contributed by atoms with E-state index in [2.05, 4.69) is 9.80 Å². The second-order valence-electron chi connectivity index (χ2n) is 12.1. The number of ether oxygens (including phenoxy) is 1. The number of benzene rings is 1. The number of anilines is 1. The highest BCUT2D eigenvalue weighted by Crippen LogP contribution is 2.45. The number of esters is 1. The molecule has 3 saturated heterocycles. The van der Waals surface area contributed by atoms with E-state index in [9.17, 15) is 18.8 Å². The van der Waals surface area contributed by atoms with E-state index in [1.165, 1.54) is 19.1 Å². The first kappa shape index (κ1) is 27.9. The van der Waals surface area contributed by atoms with Crippen LogP contribution in [0.3, 0.4) is 0 Å². The quantitative estimate of drug-likeness (QED) is 0.513. The molecule has 0 unspecified atom stereocenters. The molecular formula is C30H43FN4O4. The van der Waals surface area contributed by atoms with Crippen LogP contribution in [0.1, 0.15) is 64.7 Å². The smallest absolute Gasteiger partial charge is 0.312 e. The molecule has 0 N–H and O–H groups in total. The standard InChI is InChI=1S/C30H43FN4O4/c1-23(36)32(2)30(11-4-3-5-12-30)27(37)35-16-13-29(14-17-35)22-26(39-28(29)38)10-15-33-18-20-34(21-19-33)25-8-6-24(31)7-9-25/h6-9,26H,3-5,10-22H2,1-2H3/t26-/m0/s1. The van der Waals surface area contributed by atoms with E-state index >= 15 is 0 Å². The predicted octanol–water partition coefficient (Wildman–Crippen LogP) is 3.44. The van der Waals surface area contributed by atoms with Gasteiger partial charge in [0.15, 0.2) is 0 Å². The number of likely N-dealkylation sites (tertiary alicyclic amines) is 1. The van der Waals surface area contributed by atoms with Crippen LogP contribution < -0.4 is 4.90 Å². The minimum absolute atomic E-state index is 0.0532. The lowest BCUT2D eigenvalue weighted by Crippen LogP contribution is -2.62. The Morgan fingerprint density at radius 3 is 2.23 bits per heavy atom. The van der Waals surface area contributed by atoms with Gasteiger partial charge in [0.25, 0.3) is 0 Å². The van der Waals surface area contributed by atoms with E-state index in [0.29, 0.717) is 38.8 Å². The summed E-state index contributed by atoms with van der Waals surface area (Å²) in [7, 11) is 1.76. The van der Waals surface area contributed by atoms with Crippen LogP contribution in [-0.2, 0) is 19.1 Å². The van der Waals surface area contributed by atoms with Crippen molar-refractivity contribution >= 4 is 23.5 Å². The first-order valence-electron chi connectivity index (χ1n) is 14.7. The van der Waals surface area contributed by atoms with Gasteiger partial charge in [-0.25, -0.2) is 4.39 Å². The average Bonchev–Trinajstić information content (AvgIpc) is 3.26. The van der Waals surface area contributed by atoms with Gasteiger partial charge >= 0.3 is 5.97 Å². The maximum absolute atomic E-state index is 13.8. The molecule has 3 aliphatic heterocycles. The number of piperazine rings is 1. The molecule has 1 aromatic rings. The molecule has 1 aliphatic carbocycles. The molecule has 2 amide bonds. The number of cyclic esters (lactones) is 1. The molecule has 0 aromatic heterocycles. The summed E-state index contributed by atoms with van der Waals surface area (Å²) in [5.74, 6) is -0.337. The van der Waals surface area contributed by atoms with Crippen molar-refractivity contribution in [2.24, 2.45) is 5.41 Å². The van der Waals surface area contributed by atoms with Gasteiger partial charge in [-0.3, -0.25) is 19.3 Å². The van der Waals surface area contributed by atoms with Crippen LogP contribution in [0.25, 0.3) is 0 Å². The fourth-order valence-electron chi connectivity index (χ4n) is 7.18. The third-order valence-electron chi connectivity index (χ3n) is 9.86. The minimum atomic E-state index is -0.742. The summed E-state index contributed by atoms with van der Waals surface area (Å²) in [6.45, 7) is 7.14. The number of rotatable bonds is 6. The fourth-order valence-corrected chi connectivity index (χ4v) is 7.18. The van der Waals surface area contributed by atoms with Gasteiger partial charge in [-0.2, -0.15) is 0 Å². The van der Waals surface area contributed by atoms with Crippen LogP contribution in [0.4, 0.5) is 10.1 Å². The molecular weight excluding hydrogens is 499 g/mol. The Kier molecular flexibility index (Phi) is 8.17. The van der Waals surface area contributed by atoms with Gasteiger partial charge in [0.1, 0.15) is 17.5 Å². The lowest BCUT2D eigenvalue weighted by Gasteiger charge is -2.47. The highest BCUT2D eigenvalue weighted by molar-refractivity contribution is 5.91. The number of carbonyl (C=O) groups is 3. The second-order valence-corrected chi connectivity index (χ2v) is 12.1. The maximum atomic E-state index is 13.8. The first-order valence-corrected chi connectivity index (χ1v) is 14.7. The normalized spacial score (nSPS) is 25.0. The van der Waals surface area contributed by atoms with Gasteiger partial charge in [-0.1, -0.05) is 19.3 Å². The molecule has 39 heavy (non-hydrogen) atoms. The van der Waals surface area contributed by atoms with Crippen molar-refractivity contribution in [3.63, 3.8) is 0 Å². The summed E-state index contributed by atoms with van der Waals surface area (Å²) in [5.41, 5.74) is -0.182. The van der Waals surface area contributed by atoms with Crippen molar-refractivity contribution < 1.29 is 23.5 Å². The lowest BCUT2D eigenvalue weighted by atomic mass is 9.74. The number of nitrogens with zero attached hydrogens (tertiary/aromatic N) is 4. The maximum Gasteiger partial charge on any atom is 0.312 e. The van der Waals surface area contributed by atoms with Crippen LogP contribution in [0, 0.1) is 11.2 Å². The van der Waals surface area contributed by atoms with Crippen LogP contribution in [-0.4, -0.2) is 97.0 Å². The second kappa shape index (κ2) is 11.4. The molecule has 5 rings (SSSR count). The van der Waals surface area contributed by atoms with Gasteiger partial charge in [0.05, 0.1) is 5.41 Å². The zero-order valence-corrected chi connectivity index (χ0v) is 23.5. The summed E-state index contributed by atoms with van der Waals surface area (Å²) in [5, 5.41) is 0. The van der Waals surface area contributed by atoms with Gasteiger partial charge in [-0.15, -0.1) is 0 Å². The van der Waals surface area contributed by atoms with Crippen LogP contribution in [0.5, 0.6) is 0 Å². The molecule has 9 heteroatoms. The number of amides is 2. The first-order chi connectivity index (χ1) is 18.7. The summed E-state index contributed by atoms with van der Waals surface area (Å²) >= 11 is 0. The Bertz CT molecular complexity index is 1040. The van der Waals surface area contributed by atoms with Crippen LogP contribution >= 0.6 is 0 Å². The molecule has 4 fully saturated rings. The molecule has 4 aliphatic rings. The number of halogens is 1. The van der Waals surface area contributed by atoms with Gasteiger partial charge in [0, 0.05) is 71.9 Å². The molecule has 0 radical (unpaired) electrons. The summed E-state index contributed by atoms with van der Waals surface area (Å²) < 4.78 is 19.1. The predicted molar refractivity (Wildman–Crippen MR) is 147 cm³/mol. The van der Waals surface area contributed by atoms with Crippen molar-refractivity contribution in [2.45, 2.75) is 76.4 Å². The summed E-state index contributed by atoms with van der Waals surface area (Å²) in [6.07, 6.45) is 7.16. The third-order valence-corrected chi connectivity index (χ3v) is 9.86. The zero-order chi connectivity index (χ0) is 27.6. The number of hydrogen-bond donors (Lipinski definition) is 0. The largest absolute Gasteiger partial charge is 0.462 e. The van der Waals surface area contributed by atoms with E-state index in [4.69, 9.17) is 4.74 Å². The van der Waals surface area contributed by atoms with Gasteiger partial charge < -0.3 is 19.4 Å². The molecule has 0 bridgehead atoms. The fraction of sp³-hybridized carbons (Fsp3) is 0.700. The van der Waals surface area contributed by atoms with Crippen molar-refractivity contribution in [2.75, 3.05) is 57.8 Å². The number of carbonyl (C=O) groups excluding carboxylic acids is 3. The van der Waals surface area contributed by atoms with E-state index < -0.39 is 11.0 Å². The Morgan fingerprint density at radius 2 is 1.62 bits per heavy atom. The molecule has 1 aromatic carbocycles. The molecule has 3 heterocycles. The molecule has 8 nitrogen and oxygen atoms in total. The molecule has 214 valence electrons. The Labute approximate surface area is 231 Å². The highest BCUT2D eigenvalue weighted by Gasteiger charge is 2.53. The molecule has 1 saturated carbocycles. The Morgan fingerprint density at radius 1 is 0.974 bits per heavy atom. The Balaban J connectivity index is 1.11. The van der Waals surface area contributed by atoms with Crippen LogP contribution in [0.15, 0.2) is 24.3 Å². The molecule has 1 spiro atoms. The third kappa shape index (κ3) is 5.65. The number of likely N-dealkylation sites (N-methyl/N-ethyl adjacent to an activating group) is 1. The van der Waals surface area contributed by atoms with Gasteiger partial charge in [0.2, 0.25) is 11.8 Å². The van der Waals surface area contributed by atoms with Gasteiger partial charge in [-0.05, 0) is 56.4 Å². The lowest BCUT2D eigenvalue weighted by molar-refractivity contribution is -0.159. The van der Waals surface area contributed by atoms with E-state index in [1.807, 2.05) is 17.0 Å². The van der Waals surface area contributed by atoms with Crippen LogP contribution in [0.2, 0.25) is 0 Å². The Hall–Kier alpha value is -2.68. The number of hydrogen-bond acceptors (Lipinski definition) is 6. The monoisotopic (exact) mass is 542 g/mol. The van der Waals surface area contributed by atoms with Crippen molar-refractivity contribution in [1.29, 1.82) is 0 Å². The molecule has 1 atom stereocenters. The van der Waals surface area contributed by atoms with E-state index in [1.54, 1.807) is 11.9 Å². The summed E-state index contributed by atoms with van der Waals surface area (Å²) in [6, 6.07) is 6.67. The van der Waals surface area contributed by atoms with Crippen molar-refractivity contribution in [1.82, 2.24) is 14.7 Å². The summed E-state index contributed by atoms with van der Waals surface area (Å²) in [4.78, 5) is 47.3. The topological polar surface area (TPSA) is 73.4 Å². The van der Waals surface area contributed by atoms with E-state index in [0.717, 1.165) is 70.5 Å². The highest BCUT2D eigenvalue weighted by atomic mass is 19.1. The zero-order valence-electron chi connectivity index (χ0n) is 23.5.